The van der Waals surface area contributed by atoms with E-state index in [1.807, 2.05) is 49.4 Å². The molecule has 0 saturated carbocycles. The van der Waals surface area contributed by atoms with Crippen molar-refractivity contribution >= 4 is 35.2 Å². The molecule has 0 aliphatic carbocycles. The topological polar surface area (TPSA) is 161 Å². The maximum atomic E-state index is 12.4. The van der Waals surface area contributed by atoms with Gasteiger partial charge in [0.05, 0.1) is 5.70 Å². The zero-order valence-electron chi connectivity index (χ0n) is 19.3. The van der Waals surface area contributed by atoms with E-state index < -0.39 is 29.9 Å². The second-order valence-electron chi connectivity index (χ2n) is 7.23. The number of carboxylic acids is 1. The third kappa shape index (κ3) is 7.61. The lowest BCUT2D eigenvalue weighted by Gasteiger charge is -2.16. The van der Waals surface area contributed by atoms with Gasteiger partial charge in [0.15, 0.2) is 5.57 Å². The number of nitrogens with one attached hydrogen (secondary N) is 3. The Morgan fingerprint density at radius 1 is 1.26 bits per heavy atom. The van der Waals surface area contributed by atoms with Crippen molar-refractivity contribution in [3.05, 3.63) is 89.2 Å². The van der Waals surface area contributed by atoms with Gasteiger partial charge in [0.2, 0.25) is 0 Å². The number of esters is 1. The largest absolute Gasteiger partial charge is 0.480 e. The molecule has 0 fully saturated rings. The van der Waals surface area contributed by atoms with Crippen molar-refractivity contribution in [2.45, 2.75) is 13.3 Å². The number of hydrogen-bond donors (Lipinski definition) is 5. The molecule has 0 radical (unpaired) electrons. The predicted octanol–water partition coefficient (Wildman–Crippen LogP) is 3.49. The van der Waals surface area contributed by atoms with Crippen molar-refractivity contribution in [1.82, 2.24) is 5.32 Å². The van der Waals surface area contributed by atoms with Crippen LogP contribution in [0.2, 0.25) is 0 Å². The van der Waals surface area contributed by atoms with E-state index in [0.29, 0.717) is 12.0 Å². The average molecular weight is 474 g/mol. The molecule has 0 aromatic heterocycles. The zero-order chi connectivity index (χ0) is 25.8. The molecule has 2 aromatic carbocycles. The van der Waals surface area contributed by atoms with E-state index in [9.17, 15) is 14.9 Å². The first-order valence-corrected chi connectivity index (χ1v) is 10.7. The van der Waals surface area contributed by atoms with Crippen LogP contribution in [0.15, 0.2) is 78.0 Å². The van der Waals surface area contributed by atoms with E-state index in [1.54, 1.807) is 12.1 Å². The number of nitriles is 1. The summed E-state index contributed by atoms with van der Waals surface area (Å²) in [5.41, 5.74) is 8.48. The molecule has 180 valence electrons. The Balaban J connectivity index is 2.57. The lowest BCUT2D eigenvalue weighted by molar-refractivity contribution is -0.138. The van der Waals surface area contributed by atoms with Crippen molar-refractivity contribution in [2.75, 3.05) is 18.5 Å². The maximum Gasteiger partial charge on any atom is 0.351 e. The summed E-state index contributed by atoms with van der Waals surface area (Å²) in [5.74, 6) is -2.69. The maximum absolute atomic E-state index is 12.4. The molecule has 2 rings (SSSR count). The van der Waals surface area contributed by atoms with Crippen molar-refractivity contribution in [1.29, 1.82) is 10.7 Å². The third-order valence-corrected chi connectivity index (χ3v) is 4.75. The van der Waals surface area contributed by atoms with Gasteiger partial charge in [-0.2, -0.15) is 5.26 Å². The van der Waals surface area contributed by atoms with Gasteiger partial charge in [-0.1, -0.05) is 43.8 Å². The molecule has 6 N–H and O–H groups in total. The van der Waals surface area contributed by atoms with Crippen molar-refractivity contribution in [2.24, 2.45) is 5.73 Å². The minimum absolute atomic E-state index is 0.0239. The summed E-state index contributed by atoms with van der Waals surface area (Å²) in [6.45, 7) is 4.69. The van der Waals surface area contributed by atoms with Crippen LogP contribution in [0.1, 0.15) is 18.1 Å². The number of aliphatic carboxylic acids is 1. The highest BCUT2D eigenvalue weighted by Crippen LogP contribution is 2.25. The highest BCUT2D eigenvalue weighted by Gasteiger charge is 2.22. The summed E-state index contributed by atoms with van der Waals surface area (Å²) in [5, 5.41) is 32.7. The summed E-state index contributed by atoms with van der Waals surface area (Å²) in [6, 6.07) is 16.9. The van der Waals surface area contributed by atoms with Gasteiger partial charge in [-0.25, -0.2) is 4.79 Å². The molecule has 0 aliphatic rings. The first kappa shape index (κ1) is 26.4. The summed E-state index contributed by atoms with van der Waals surface area (Å²) >= 11 is 0. The number of carboxylic acid groups (broad SMARTS) is 1. The molecule has 0 aliphatic heterocycles. The highest BCUT2D eigenvalue weighted by molar-refractivity contribution is 6.06. The van der Waals surface area contributed by atoms with E-state index >= 15 is 0 Å². The molecule has 0 atom stereocenters. The van der Waals surface area contributed by atoms with Crippen LogP contribution < -0.4 is 16.4 Å². The first-order chi connectivity index (χ1) is 16.8. The SMILES string of the molecule is C=CCOC(=O)/C(C#N)=C(NCC(=O)O)/C(=C/c1ccc(Nc2ccccc2)c(CC)c1)C(=N)N. The number of benzene rings is 2. The monoisotopic (exact) mass is 473 g/mol. The molecule has 9 heteroatoms. The second kappa shape index (κ2) is 13.0. The average Bonchev–Trinajstić information content (AvgIpc) is 2.85. The van der Waals surface area contributed by atoms with E-state index in [4.69, 9.17) is 21.0 Å². The quantitative estimate of drug-likeness (QED) is 0.0595. The normalized spacial score (nSPS) is 11.5. The molecule has 2 aromatic rings. The molecule has 35 heavy (non-hydrogen) atoms. The Morgan fingerprint density at radius 2 is 1.97 bits per heavy atom. The van der Waals surface area contributed by atoms with Crippen molar-refractivity contribution in [3.63, 3.8) is 0 Å². The number of amidine groups is 1. The van der Waals surface area contributed by atoms with Gasteiger partial charge in [-0.15, -0.1) is 0 Å². The van der Waals surface area contributed by atoms with Crippen molar-refractivity contribution in [3.8, 4) is 6.07 Å². The van der Waals surface area contributed by atoms with Gasteiger partial charge in [0.1, 0.15) is 25.1 Å². The Kier molecular flexibility index (Phi) is 9.82. The van der Waals surface area contributed by atoms with Gasteiger partial charge in [0.25, 0.3) is 0 Å². The third-order valence-electron chi connectivity index (χ3n) is 4.75. The standard InChI is InChI=1S/C26H27N5O4/c1-3-12-35-26(34)21(15-27)24(30-16-23(32)33)20(25(28)29)14-17-10-11-22(18(4-2)13-17)31-19-8-6-5-7-9-19/h3,5-11,13-14,30-31H,1,4,12,16H2,2H3,(H3,28,29)(H,32,33)/b20-14-,24-21-. The predicted molar refractivity (Wildman–Crippen MR) is 135 cm³/mol. The van der Waals surface area contributed by atoms with Crippen LogP contribution >= 0.6 is 0 Å². The van der Waals surface area contributed by atoms with E-state index in [-0.39, 0.29) is 17.9 Å². The first-order valence-electron chi connectivity index (χ1n) is 10.7. The molecule has 0 unspecified atom stereocenters. The number of hydrogen-bond acceptors (Lipinski definition) is 7. The zero-order valence-corrected chi connectivity index (χ0v) is 19.3. The van der Waals surface area contributed by atoms with Gasteiger partial charge >= 0.3 is 11.9 Å². The van der Waals surface area contributed by atoms with Crippen LogP contribution in [0.25, 0.3) is 6.08 Å². The fourth-order valence-corrected chi connectivity index (χ4v) is 3.14. The van der Waals surface area contributed by atoms with Crippen LogP contribution in [0.5, 0.6) is 0 Å². The molecule has 0 amide bonds. The summed E-state index contributed by atoms with van der Waals surface area (Å²) in [4.78, 5) is 23.6. The molecular formula is C26H27N5O4. The number of nitrogens with two attached hydrogens (primary N) is 1. The Morgan fingerprint density at radius 3 is 2.54 bits per heavy atom. The number of ether oxygens (including phenoxy) is 1. The Labute approximate surface area is 203 Å². The number of carbonyl (C=O) groups is 2. The number of carbonyl (C=O) groups excluding carboxylic acids is 1. The van der Waals surface area contributed by atoms with Crippen molar-refractivity contribution < 1.29 is 19.4 Å². The molecule has 0 bridgehead atoms. The Hall–Kier alpha value is -4.84. The summed E-state index contributed by atoms with van der Waals surface area (Å²) < 4.78 is 4.95. The number of rotatable bonds is 12. The fraction of sp³-hybridized carbons (Fsp3) is 0.154. The van der Waals surface area contributed by atoms with E-state index in [1.165, 1.54) is 12.2 Å². The smallest absolute Gasteiger partial charge is 0.351 e. The van der Waals surface area contributed by atoms with Crippen LogP contribution in [0, 0.1) is 16.7 Å². The minimum atomic E-state index is -1.23. The van der Waals surface area contributed by atoms with Gasteiger partial charge in [0, 0.05) is 16.9 Å². The van der Waals surface area contributed by atoms with Gasteiger partial charge < -0.3 is 26.2 Å². The summed E-state index contributed by atoms with van der Waals surface area (Å²) in [6.07, 6.45) is 3.54. The number of nitrogens with zero attached hydrogens (tertiary/aromatic N) is 1. The molecule has 9 nitrogen and oxygen atoms in total. The lowest BCUT2D eigenvalue weighted by Crippen LogP contribution is -2.30. The van der Waals surface area contributed by atoms with Crippen LogP contribution in [-0.2, 0) is 20.7 Å². The minimum Gasteiger partial charge on any atom is -0.480 e. The number of para-hydroxylation sites is 1. The summed E-state index contributed by atoms with van der Waals surface area (Å²) in [7, 11) is 0. The Bertz CT molecular complexity index is 1210. The molecule has 0 spiro atoms. The van der Waals surface area contributed by atoms with Gasteiger partial charge in [-0.05, 0) is 47.9 Å². The highest BCUT2D eigenvalue weighted by atomic mass is 16.5. The van der Waals surface area contributed by atoms with Crippen LogP contribution in [0.4, 0.5) is 11.4 Å². The second-order valence-corrected chi connectivity index (χ2v) is 7.23. The van der Waals surface area contributed by atoms with Crippen LogP contribution in [-0.4, -0.2) is 36.0 Å². The number of aryl methyl sites for hydroxylation is 1. The molecule has 0 saturated heterocycles. The molecule has 0 heterocycles. The van der Waals surface area contributed by atoms with E-state index in [0.717, 1.165) is 16.9 Å². The van der Waals surface area contributed by atoms with Gasteiger partial charge in [-0.3, -0.25) is 10.2 Å². The fourth-order valence-electron chi connectivity index (χ4n) is 3.14. The van der Waals surface area contributed by atoms with E-state index in [2.05, 4.69) is 17.2 Å². The lowest BCUT2D eigenvalue weighted by atomic mass is 10.00. The molecular weight excluding hydrogens is 446 g/mol. The van der Waals surface area contributed by atoms with Crippen LogP contribution in [0.3, 0.4) is 0 Å². The number of anilines is 2.